The second-order valence-corrected chi connectivity index (χ2v) is 6.49. The predicted octanol–water partition coefficient (Wildman–Crippen LogP) is 3.34. The highest BCUT2D eigenvalue weighted by Gasteiger charge is 2.11. The molecule has 1 rings (SSSR count). The summed E-state index contributed by atoms with van der Waals surface area (Å²) in [5.74, 6) is 1.21. The van der Waals surface area contributed by atoms with Gasteiger partial charge in [0.05, 0.1) is 0 Å². The fraction of sp³-hybridized carbons (Fsp3) is 0.625. The highest BCUT2D eigenvalue weighted by molar-refractivity contribution is 7.84. The van der Waals surface area contributed by atoms with Crippen LogP contribution in [0.15, 0.2) is 18.2 Å². The Kier molecular flexibility index (Phi) is 8.04. The Morgan fingerprint density at radius 3 is 2.10 bits per heavy atom. The van der Waals surface area contributed by atoms with Crippen LogP contribution in [-0.2, 0) is 26.0 Å². The largest absolute Gasteiger partial charge is 0.353 e. The Hall–Kier alpha value is -0.710. The van der Waals surface area contributed by atoms with Gasteiger partial charge in [0.2, 0.25) is 0 Å². The Balaban J connectivity index is 2.46. The minimum absolute atomic E-state index is 0.229. The molecular formula is C16H26O3S. The molecule has 0 saturated heterocycles. The van der Waals surface area contributed by atoms with Crippen molar-refractivity contribution in [3.05, 3.63) is 34.9 Å². The summed E-state index contributed by atoms with van der Waals surface area (Å²) in [6.45, 7) is 9.26. The summed E-state index contributed by atoms with van der Waals surface area (Å²) in [5.41, 5.74) is 3.59. The lowest BCUT2D eigenvalue weighted by molar-refractivity contribution is -0.136. The smallest absolute Gasteiger partial charge is 0.158 e. The number of hydrogen-bond acceptors (Lipinski definition) is 3. The van der Waals surface area contributed by atoms with Crippen molar-refractivity contribution in [3.63, 3.8) is 0 Å². The second-order valence-electron chi connectivity index (χ2n) is 4.91. The summed E-state index contributed by atoms with van der Waals surface area (Å²) >= 11 is 0. The van der Waals surface area contributed by atoms with E-state index < -0.39 is 10.8 Å². The SMILES string of the molecule is CCOC(CCS(=O)Cc1cc(C)cc(C)c1)OCC. The maximum atomic E-state index is 12.1. The van der Waals surface area contributed by atoms with Crippen LogP contribution in [0.5, 0.6) is 0 Å². The first-order valence-electron chi connectivity index (χ1n) is 7.20. The average molecular weight is 298 g/mol. The molecule has 0 fully saturated rings. The van der Waals surface area contributed by atoms with Crippen LogP contribution in [0.2, 0.25) is 0 Å². The van der Waals surface area contributed by atoms with Crippen LogP contribution in [0.25, 0.3) is 0 Å². The third-order valence-electron chi connectivity index (χ3n) is 2.90. The number of rotatable bonds is 9. The molecule has 0 N–H and O–H groups in total. The molecule has 114 valence electrons. The van der Waals surface area contributed by atoms with E-state index in [0.29, 0.717) is 31.1 Å². The maximum Gasteiger partial charge on any atom is 0.158 e. The summed E-state index contributed by atoms with van der Waals surface area (Å²) in [6.07, 6.45) is 0.451. The van der Waals surface area contributed by atoms with Crippen molar-refractivity contribution in [1.29, 1.82) is 0 Å². The standard InChI is InChI=1S/C16H26O3S/c1-5-18-16(19-6-2)7-8-20(17)12-15-10-13(3)9-14(4)11-15/h9-11,16H,5-8,12H2,1-4H3. The topological polar surface area (TPSA) is 35.5 Å². The van der Waals surface area contributed by atoms with Crippen molar-refractivity contribution in [2.45, 2.75) is 46.2 Å². The number of benzene rings is 1. The van der Waals surface area contributed by atoms with E-state index in [1.54, 1.807) is 0 Å². The molecule has 0 saturated carbocycles. The molecule has 1 aromatic rings. The van der Waals surface area contributed by atoms with Gasteiger partial charge in [0, 0.05) is 41.9 Å². The second kappa shape index (κ2) is 9.27. The van der Waals surface area contributed by atoms with Gasteiger partial charge in [0.25, 0.3) is 0 Å². The maximum absolute atomic E-state index is 12.1. The average Bonchev–Trinajstić information content (AvgIpc) is 2.35. The minimum atomic E-state index is -0.875. The van der Waals surface area contributed by atoms with Gasteiger partial charge in [0.1, 0.15) is 0 Å². The first-order valence-corrected chi connectivity index (χ1v) is 8.69. The van der Waals surface area contributed by atoms with Gasteiger partial charge in [-0.3, -0.25) is 4.21 Å². The van der Waals surface area contributed by atoms with Crippen molar-refractivity contribution < 1.29 is 13.7 Å². The quantitative estimate of drug-likeness (QED) is 0.656. The van der Waals surface area contributed by atoms with Crippen LogP contribution in [-0.4, -0.2) is 29.5 Å². The summed E-state index contributed by atoms with van der Waals surface area (Å²) in [7, 11) is -0.875. The van der Waals surface area contributed by atoms with E-state index in [1.807, 2.05) is 13.8 Å². The summed E-state index contributed by atoms with van der Waals surface area (Å²) in [5, 5.41) is 0. The van der Waals surface area contributed by atoms with Crippen molar-refractivity contribution >= 4 is 10.8 Å². The van der Waals surface area contributed by atoms with E-state index in [2.05, 4.69) is 32.0 Å². The zero-order chi connectivity index (χ0) is 15.0. The highest BCUT2D eigenvalue weighted by atomic mass is 32.2. The van der Waals surface area contributed by atoms with Gasteiger partial charge in [-0.25, -0.2) is 0 Å². The van der Waals surface area contributed by atoms with Crippen LogP contribution in [0.1, 0.15) is 37.0 Å². The molecule has 1 atom stereocenters. The fourth-order valence-electron chi connectivity index (χ4n) is 2.22. The molecule has 0 amide bonds. The van der Waals surface area contributed by atoms with Crippen molar-refractivity contribution in [2.75, 3.05) is 19.0 Å². The molecule has 0 aliphatic heterocycles. The Morgan fingerprint density at radius 1 is 1.05 bits per heavy atom. The third-order valence-corrected chi connectivity index (χ3v) is 4.24. The van der Waals surface area contributed by atoms with E-state index in [9.17, 15) is 4.21 Å². The molecule has 0 spiro atoms. The van der Waals surface area contributed by atoms with Gasteiger partial charge in [-0.2, -0.15) is 0 Å². The molecule has 0 heterocycles. The molecule has 1 unspecified atom stereocenters. The van der Waals surface area contributed by atoms with Gasteiger partial charge in [-0.05, 0) is 33.3 Å². The Bertz CT molecular complexity index is 405. The van der Waals surface area contributed by atoms with Gasteiger partial charge < -0.3 is 9.47 Å². The van der Waals surface area contributed by atoms with Gasteiger partial charge in [0.15, 0.2) is 6.29 Å². The van der Waals surface area contributed by atoms with E-state index >= 15 is 0 Å². The first kappa shape index (κ1) is 17.3. The molecule has 0 bridgehead atoms. The predicted molar refractivity (Wildman–Crippen MR) is 84.3 cm³/mol. The van der Waals surface area contributed by atoms with E-state index in [1.165, 1.54) is 11.1 Å². The number of aryl methyl sites for hydroxylation is 2. The zero-order valence-electron chi connectivity index (χ0n) is 13.0. The highest BCUT2D eigenvalue weighted by Crippen LogP contribution is 2.12. The van der Waals surface area contributed by atoms with Gasteiger partial charge in [-0.1, -0.05) is 29.3 Å². The molecule has 0 radical (unpaired) electrons. The fourth-order valence-corrected chi connectivity index (χ4v) is 3.36. The Labute approximate surface area is 125 Å². The molecule has 0 aliphatic rings. The third kappa shape index (κ3) is 6.64. The van der Waals surface area contributed by atoms with Crippen molar-refractivity contribution in [3.8, 4) is 0 Å². The lowest BCUT2D eigenvalue weighted by atomic mass is 10.1. The zero-order valence-corrected chi connectivity index (χ0v) is 13.8. The van der Waals surface area contributed by atoms with Crippen LogP contribution in [0, 0.1) is 13.8 Å². The summed E-state index contributed by atoms with van der Waals surface area (Å²) in [4.78, 5) is 0. The molecule has 0 aromatic heterocycles. The van der Waals surface area contributed by atoms with Gasteiger partial charge >= 0.3 is 0 Å². The monoisotopic (exact) mass is 298 g/mol. The summed E-state index contributed by atoms with van der Waals surface area (Å²) in [6, 6.07) is 6.34. The number of ether oxygens (including phenoxy) is 2. The van der Waals surface area contributed by atoms with Crippen molar-refractivity contribution in [2.24, 2.45) is 0 Å². The van der Waals surface area contributed by atoms with Crippen LogP contribution < -0.4 is 0 Å². The lowest BCUT2D eigenvalue weighted by Crippen LogP contribution is -2.20. The van der Waals surface area contributed by atoms with Gasteiger partial charge in [-0.15, -0.1) is 0 Å². The van der Waals surface area contributed by atoms with Crippen LogP contribution in [0.3, 0.4) is 0 Å². The van der Waals surface area contributed by atoms with Crippen LogP contribution in [0.4, 0.5) is 0 Å². The molecular weight excluding hydrogens is 272 g/mol. The molecule has 20 heavy (non-hydrogen) atoms. The molecule has 1 aromatic carbocycles. The number of hydrogen-bond donors (Lipinski definition) is 0. The minimum Gasteiger partial charge on any atom is -0.353 e. The summed E-state index contributed by atoms with van der Waals surface area (Å²) < 4.78 is 23.1. The lowest BCUT2D eigenvalue weighted by Gasteiger charge is -2.16. The first-order chi connectivity index (χ1) is 9.55. The van der Waals surface area contributed by atoms with Crippen molar-refractivity contribution in [1.82, 2.24) is 0 Å². The van der Waals surface area contributed by atoms with E-state index in [-0.39, 0.29) is 6.29 Å². The Morgan fingerprint density at radius 2 is 1.60 bits per heavy atom. The molecule has 4 heteroatoms. The van der Waals surface area contributed by atoms with E-state index in [4.69, 9.17) is 9.47 Å². The van der Waals surface area contributed by atoms with E-state index in [0.717, 1.165) is 5.56 Å². The van der Waals surface area contributed by atoms with Crippen LogP contribution >= 0.6 is 0 Å². The molecule has 0 aliphatic carbocycles. The molecule has 3 nitrogen and oxygen atoms in total. The normalized spacial score (nSPS) is 12.8.